The minimum atomic E-state index is -3.29. The van der Waals surface area contributed by atoms with Crippen molar-refractivity contribution in [2.75, 3.05) is 6.54 Å². The molecule has 0 spiro atoms. The van der Waals surface area contributed by atoms with Crippen LogP contribution < -0.4 is 5.73 Å². The van der Waals surface area contributed by atoms with Gasteiger partial charge in [0.1, 0.15) is 0 Å². The molecule has 4 nitrogen and oxygen atoms in total. The van der Waals surface area contributed by atoms with Crippen molar-refractivity contribution in [3.05, 3.63) is 35.4 Å². The van der Waals surface area contributed by atoms with Crippen molar-refractivity contribution in [1.29, 1.82) is 0 Å². The normalized spacial score (nSPS) is 13.7. The van der Waals surface area contributed by atoms with Crippen molar-refractivity contribution < 1.29 is 8.42 Å². The van der Waals surface area contributed by atoms with Gasteiger partial charge in [-0.25, -0.2) is 8.42 Å². The molecule has 108 valence electrons. The van der Waals surface area contributed by atoms with Crippen molar-refractivity contribution >= 4 is 10.0 Å². The zero-order chi connectivity index (χ0) is 14.5. The molecule has 0 saturated carbocycles. The third-order valence-electron chi connectivity index (χ3n) is 3.43. The highest BCUT2D eigenvalue weighted by atomic mass is 32.2. The van der Waals surface area contributed by atoms with Crippen LogP contribution in [0.5, 0.6) is 0 Å². The Bertz CT molecular complexity index is 500. The Morgan fingerprint density at radius 3 is 2.26 bits per heavy atom. The fourth-order valence-electron chi connectivity index (χ4n) is 2.16. The number of sulfonamides is 1. The number of hydrogen-bond acceptors (Lipinski definition) is 3. The van der Waals surface area contributed by atoms with E-state index in [0.29, 0.717) is 13.1 Å². The first kappa shape index (κ1) is 16.1. The van der Waals surface area contributed by atoms with Crippen LogP contribution in [0.15, 0.2) is 24.3 Å². The molecule has 2 N–H and O–H groups in total. The third kappa shape index (κ3) is 4.03. The summed E-state index contributed by atoms with van der Waals surface area (Å²) in [6.07, 6.45) is 0.811. The van der Waals surface area contributed by atoms with Gasteiger partial charge >= 0.3 is 0 Å². The van der Waals surface area contributed by atoms with Crippen LogP contribution in [0.25, 0.3) is 0 Å². The second-order valence-corrected chi connectivity index (χ2v) is 6.61. The van der Waals surface area contributed by atoms with Crippen molar-refractivity contribution in [1.82, 2.24) is 4.31 Å². The van der Waals surface area contributed by atoms with Gasteiger partial charge in [0.25, 0.3) is 0 Å². The van der Waals surface area contributed by atoms with Crippen molar-refractivity contribution in [3.8, 4) is 0 Å². The van der Waals surface area contributed by atoms with E-state index in [4.69, 9.17) is 5.73 Å². The zero-order valence-electron chi connectivity index (χ0n) is 12.0. The van der Waals surface area contributed by atoms with E-state index in [1.807, 2.05) is 45.0 Å². The van der Waals surface area contributed by atoms with Gasteiger partial charge in [-0.05, 0) is 24.5 Å². The molecule has 1 aromatic carbocycles. The maximum atomic E-state index is 12.5. The summed E-state index contributed by atoms with van der Waals surface area (Å²) < 4.78 is 26.5. The lowest BCUT2D eigenvalue weighted by atomic mass is 10.1. The molecule has 1 unspecified atom stereocenters. The maximum Gasteiger partial charge on any atom is 0.218 e. The Kier molecular flexibility index (Phi) is 5.97. The van der Waals surface area contributed by atoms with E-state index in [9.17, 15) is 8.42 Å². The van der Waals surface area contributed by atoms with E-state index in [1.165, 1.54) is 0 Å². The molecule has 0 amide bonds. The van der Waals surface area contributed by atoms with E-state index in [1.54, 1.807) is 4.31 Å². The van der Waals surface area contributed by atoms with E-state index in [-0.39, 0.29) is 11.8 Å². The summed E-state index contributed by atoms with van der Waals surface area (Å²) in [6.45, 7) is 6.67. The van der Waals surface area contributed by atoms with Gasteiger partial charge in [0, 0.05) is 19.1 Å². The van der Waals surface area contributed by atoms with Gasteiger partial charge < -0.3 is 5.73 Å². The van der Waals surface area contributed by atoms with Gasteiger partial charge in [-0.15, -0.1) is 0 Å². The molecule has 0 aliphatic carbocycles. The third-order valence-corrected chi connectivity index (χ3v) is 5.44. The van der Waals surface area contributed by atoms with Gasteiger partial charge in [-0.1, -0.05) is 38.1 Å². The molecule has 0 heterocycles. The zero-order valence-corrected chi connectivity index (χ0v) is 12.8. The number of rotatable bonds is 7. The number of benzene rings is 1. The first-order chi connectivity index (χ1) is 8.96. The highest BCUT2D eigenvalue weighted by Crippen LogP contribution is 2.18. The average molecular weight is 284 g/mol. The Balaban J connectivity index is 3.01. The minimum absolute atomic E-state index is 0.0263. The molecule has 19 heavy (non-hydrogen) atoms. The maximum absolute atomic E-state index is 12.5. The fraction of sp³-hybridized carbons (Fsp3) is 0.571. The van der Waals surface area contributed by atoms with E-state index in [0.717, 1.165) is 17.5 Å². The Hall–Kier alpha value is -0.910. The summed E-state index contributed by atoms with van der Waals surface area (Å²) >= 11 is 0. The number of hydrogen-bond donors (Lipinski definition) is 1. The first-order valence-electron chi connectivity index (χ1n) is 6.72. The molecule has 0 fully saturated rings. The van der Waals surface area contributed by atoms with Crippen LogP contribution in [0.1, 0.15) is 38.3 Å². The van der Waals surface area contributed by atoms with Gasteiger partial charge in [0.05, 0.1) is 5.75 Å². The number of nitrogens with two attached hydrogens (primary N) is 1. The topological polar surface area (TPSA) is 63.4 Å². The molecule has 0 aliphatic rings. The second-order valence-electron chi connectivity index (χ2n) is 4.69. The van der Waals surface area contributed by atoms with Crippen LogP contribution >= 0.6 is 0 Å². The largest absolute Gasteiger partial charge is 0.326 e. The molecule has 5 heteroatoms. The minimum Gasteiger partial charge on any atom is -0.326 e. The van der Waals surface area contributed by atoms with E-state index >= 15 is 0 Å². The first-order valence-corrected chi connectivity index (χ1v) is 8.33. The molecule has 1 atom stereocenters. The predicted molar refractivity (Wildman–Crippen MR) is 79.1 cm³/mol. The smallest absolute Gasteiger partial charge is 0.218 e. The lowest BCUT2D eigenvalue weighted by Gasteiger charge is -2.26. The van der Waals surface area contributed by atoms with Crippen LogP contribution in [-0.4, -0.2) is 25.3 Å². The van der Waals surface area contributed by atoms with Crippen LogP contribution in [0.4, 0.5) is 0 Å². The Morgan fingerprint density at radius 1 is 1.21 bits per heavy atom. The van der Waals surface area contributed by atoms with Crippen molar-refractivity contribution in [2.45, 2.75) is 45.5 Å². The van der Waals surface area contributed by atoms with E-state index < -0.39 is 10.0 Å². The van der Waals surface area contributed by atoms with Crippen LogP contribution in [0.2, 0.25) is 0 Å². The van der Waals surface area contributed by atoms with Crippen molar-refractivity contribution in [2.24, 2.45) is 5.73 Å². The summed E-state index contributed by atoms with van der Waals surface area (Å²) in [5.41, 5.74) is 7.35. The van der Waals surface area contributed by atoms with Gasteiger partial charge in [-0.2, -0.15) is 4.31 Å². The summed E-state index contributed by atoms with van der Waals surface area (Å²) in [4.78, 5) is 0. The molecule has 0 bridgehead atoms. The van der Waals surface area contributed by atoms with Gasteiger partial charge in [0.2, 0.25) is 10.0 Å². The molecule has 0 radical (unpaired) electrons. The molecule has 1 rings (SSSR count). The van der Waals surface area contributed by atoms with Crippen LogP contribution in [0, 0.1) is 0 Å². The monoisotopic (exact) mass is 284 g/mol. The van der Waals surface area contributed by atoms with Gasteiger partial charge in [0.15, 0.2) is 0 Å². The summed E-state index contributed by atoms with van der Waals surface area (Å²) in [7, 11) is -3.29. The molecule has 0 aromatic heterocycles. The highest BCUT2D eigenvalue weighted by Gasteiger charge is 2.25. The molecule has 1 aromatic rings. The van der Waals surface area contributed by atoms with Crippen LogP contribution in [0.3, 0.4) is 0 Å². The average Bonchev–Trinajstić information content (AvgIpc) is 2.39. The summed E-state index contributed by atoms with van der Waals surface area (Å²) in [5, 5.41) is 0. The lowest BCUT2D eigenvalue weighted by Crippen LogP contribution is -2.38. The standard InChI is InChI=1S/C14H24N2O2S/c1-4-12(3)16(5-2)19(17,18)11-14-9-7-6-8-13(14)10-15/h6-9,12H,4-5,10-11,15H2,1-3H3. The fourth-order valence-corrected chi connectivity index (χ4v) is 4.09. The Labute approximate surface area is 116 Å². The molecule has 0 aliphatic heterocycles. The summed E-state index contributed by atoms with van der Waals surface area (Å²) in [5.74, 6) is 0.0263. The lowest BCUT2D eigenvalue weighted by molar-refractivity contribution is 0.342. The van der Waals surface area contributed by atoms with E-state index in [2.05, 4.69) is 0 Å². The highest BCUT2D eigenvalue weighted by molar-refractivity contribution is 7.88. The summed E-state index contributed by atoms with van der Waals surface area (Å²) in [6, 6.07) is 7.47. The SMILES string of the molecule is CCC(C)N(CC)S(=O)(=O)Cc1ccccc1CN. The second kappa shape index (κ2) is 7.03. The predicted octanol–water partition coefficient (Wildman–Crippen LogP) is 2.10. The van der Waals surface area contributed by atoms with Crippen molar-refractivity contribution in [3.63, 3.8) is 0 Å². The number of nitrogens with zero attached hydrogens (tertiary/aromatic N) is 1. The molecular weight excluding hydrogens is 260 g/mol. The van der Waals surface area contributed by atoms with Crippen LogP contribution in [-0.2, 0) is 22.3 Å². The quantitative estimate of drug-likeness (QED) is 0.834. The molecule has 0 saturated heterocycles. The van der Waals surface area contributed by atoms with Gasteiger partial charge in [-0.3, -0.25) is 0 Å². The molecular formula is C14H24N2O2S. The Morgan fingerprint density at radius 2 is 1.79 bits per heavy atom.